The Morgan fingerprint density at radius 2 is 1.95 bits per heavy atom. The number of Topliss-reactive ketones (excluding diaryl/α,β-unsaturated/α-hetero) is 1. The van der Waals surface area contributed by atoms with Gasteiger partial charge in [-0.05, 0) is 43.2 Å². The number of alkyl halides is 3. The molecule has 1 aromatic rings. The normalized spacial score (nSPS) is 31.4. The van der Waals surface area contributed by atoms with Crippen LogP contribution in [0.25, 0.3) is 0 Å². The Labute approximate surface area is 120 Å². The summed E-state index contributed by atoms with van der Waals surface area (Å²) in [6, 6.07) is 5.07. The third kappa shape index (κ3) is 2.77. The summed E-state index contributed by atoms with van der Waals surface area (Å²) >= 11 is 0. The maximum absolute atomic E-state index is 12.5. The van der Waals surface area contributed by atoms with Gasteiger partial charge in [0.15, 0.2) is 5.78 Å². The van der Waals surface area contributed by atoms with Crippen molar-refractivity contribution in [3.05, 3.63) is 29.8 Å². The van der Waals surface area contributed by atoms with Gasteiger partial charge in [0.05, 0.1) is 0 Å². The monoisotopic (exact) mass is 299 g/mol. The number of rotatable bonds is 3. The molecule has 4 unspecified atom stereocenters. The van der Waals surface area contributed by atoms with E-state index in [9.17, 15) is 18.0 Å². The van der Waals surface area contributed by atoms with Crippen molar-refractivity contribution in [2.75, 3.05) is 0 Å². The van der Waals surface area contributed by atoms with E-state index in [0.29, 0.717) is 5.92 Å². The highest BCUT2D eigenvalue weighted by Gasteiger charge is 2.49. The van der Waals surface area contributed by atoms with Gasteiger partial charge in [-0.1, -0.05) is 12.1 Å². The van der Waals surface area contributed by atoms with Crippen LogP contribution in [0.3, 0.4) is 0 Å². The zero-order chi connectivity index (χ0) is 15.2. The lowest BCUT2D eigenvalue weighted by Gasteiger charge is -2.27. The Balaban J connectivity index is 1.80. The lowest BCUT2D eigenvalue weighted by Crippen LogP contribution is -2.40. The molecule has 0 spiro atoms. The van der Waals surface area contributed by atoms with Gasteiger partial charge in [0.2, 0.25) is 0 Å². The summed E-state index contributed by atoms with van der Waals surface area (Å²) in [6.45, 7) is 0. The molecule has 0 radical (unpaired) electrons. The van der Waals surface area contributed by atoms with Gasteiger partial charge in [0, 0.05) is 17.5 Å². The Bertz CT molecular complexity index is 556. The molecule has 6 heteroatoms. The standard InChI is InChI=1S/C15H16F3NO2/c16-15(17,18)21-11-3-1-2-10(7-11)14(20)12-8-4-5-9(6-8)13(12)19/h1-3,7-9,12-13H,4-6,19H2. The number of carbonyl (C=O) groups excluding carboxylic acids is 1. The number of halogens is 3. The minimum Gasteiger partial charge on any atom is -0.406 e. The first kappa shape index (κ1) is 14.4. The number of hydrogen-bond acceptors (Lipinski definition) is 3. The highest BCUT2D eigenvalue weighted by molar-refractivity contribution is 5.99. The summed E-state index contributed by atoms with van der Waals surface area (Å²) in [7, 11) is 0. The SMILES string of the molecule is NC1C2CCC(C2)C1C(=O)c1cccc(OC(F)(F)F)c1. The summed E-state index contributed by atoms with van der Waals surface area (Å²) in [4.78, 5) is 12.5. The third-order valence-corrected chi connectivity index (χ3v) is 4.64. The molecular weight excluding hydrogens is 283 g/mol. The molecule has 0 aliphatic heterocycles. The van der Waals surface area contributed by atoms with Gasteiger partial charge in [0.1, 0.15) is 5.75 Å². The van der Waals surface area contributed by atoms with E-state index in [1.807, 2.05) is 0 Å². The number of nitrogens with two attached hydrogens (primary N) is 1. The first-order valence-electron chi connectivity index (χ1n) is 7.01. The van der Waals surface area contributed by atoms with E-state index in [1.165, 1.54) is 18.2 Å². The summed E-state index contributed by atoms with van der Waals surface area (Å²) < 4.78 is 40.6. The quantitative estimate of drug-likeness (QED) is 0.872. The summed E-state index contributed by atoms with van der Waals surface area (Å²) in [5.74, 6) is -0.166. The molecule has 1 aromatic carbocycles. The molecule has 2 aliphatic rings. The number of hydrogen-bond donors (Lipinski definition) is 1. The molecule has 2 fully saturated rings. The van der Waals surface area contributed by atoms with Crippen LogP contribution in [0.2, 0.25) is 0 Å². The molecule has 4 atom stereocenters. The Hall–Kier alpha value is -1.56. The van der Waals surface area contributed by atoms with Crippen LogP contribution in [-0.2, 0) is 0 Å². The van der Waals surface area contributed by atoms with Crippen LogP contribution in [0, 0.1) is 17.8 Å². The largest absolute Gasteiger partial charge is 0.573 e. The number of ether oxygens (including phenoxy) is 1. The second-order valence-corrected chi connectivity index (χ2v) is 5.88. The Morgan fingerprint density at radius 3 is 2.57 bits per heavy atom. The van der Waals surface area contributed by atoms with Gasteiger partial charge >= 0.3 is 6.36 Å². The topological polar surface area (TPSA) is 52.3 Å². The van der Waals surface area contributed by atoms with Crippen molar-refractivity contribution in [1.82, 2.24) is 0 Å². The second-order valence-electron chi connectivity index (χ2n) is 5.88. The van der Waals surface area contributed by atoms with Gasteiger partial charge in [-0.25, -0.2) is 0 Å². The van der Waals surface area contributed by atoms with Gasteiger partial charge < -0.3 is 10.5 Å². The lowest BCUT2D eigenvalue weighted by molar-refractivity contribution is -0.274. The highest BCUT2D eigenvalue weighted by atomic mass is 19.4. The van der Waals surface area contributed by atoms with Crippen molar-refractivity contribution < 1.29 is 22.7 Å². The van der Waals surface area contributed by atoms with E-state index in [2.05, 4.69) is 4.74 Å². The summed E-state index contributed by atoms with van der Waals surface area (Å²) in [6.07, 6.45) is -1.78. The summed E-state index contributed by atoms with van der Waals surface area (Å²) in [5, 5.41) is 0. The van der Waals surface area contributed by atoms with Crippen LogP contribution < -0.4 is 10.5 Å². The lowest BCUT2D eigenvalue weighted by atomic mass is 9.80. The fourth-order valence-corrected chi connectivity index (χ4v) is 3.76. The molecule has 3 rings (SSSR count). The molecule has 114 valence electrons. The van der Waals surface area contributed by atoms with Gasteiger partial charge in [-0.2, -0.15) is 0 Å². The smallest absolute Gasteiger partial charge is 0.406 e. The molecule has 21 heavy (non-hydrogen) atoms. The van der Waals surface area contributed by atoms with Crippen molar-refractivity contribution in [2.24, 2.45) is 23.5 Å². The molecule has 2 saturated carbocycles. The third-order valence-electron chi connectivity index (χ3n) is 4.64. The molecule has 3 nitrogen and oxygen atoms in total. The molecule has 2 N–H and O–H groups in total. The molecule has 0 saturated heterocycles. The molecule has 0 aromatic heterocycles. The van der Waals surface area contributed by atoms with Crippen LogP contribution in [0.4, 0.5) is 13.2 Å². The number of benzene rings is 1. The maximum atomic E-state index is 12.5. The molecular formula is C15H16F3NO2. The van der Waals surface area contributed by atoms with Crippen molar-refractivity contribution >= 4 is 5.78 Å². The fourth-order valence-electron chi connectivity index (χ4n) is 3.76. The number of ketones is 1. The molecule has 2 aliphatic carbocycles. The predicted molar refractivity (Wildman–Crippen MR) is 69.8 cm³/mol. The minimum absolute atomic E-state index is 0.165. The van der Waals surface area contributed by atoms with Crippen LogP contribution >= 0.6 is 0 Å². The van der Waals surface area contributed by atoms with E-state index in [-0.39, 0.29) is 35.0 Å². The van der Waals surface area contributed by atoms with E-state index >= 15 is 0 Å². The first-order chi connectivity index (χ1) is 9.85. The Morgan fingerprint density at radius 1 is 1.24 bits per heavy atom. The average molecular weight is 299 g/mol. The van der Waals surface area contributed by atoms with E-state index in [4.69, 9.17) is 5.73 Å². The van der Waals surface area contributed by atoms with Gasteiger partial charge in [-0.15, -0.1) is 13.2 Å². The van der Waals surface area contributed by atoms with E-state index in [0.717, 1.165) is 25.3 Å². The van der Waals surface area contributed by atoms with Crippen LogP contribution in [0.5, 0.6) is 5.75 Å². The van der Waals surface area contributed by atoms with Gasteiger partial charge in [0.25, 0.3) is 0 Å². The van der Waals surface area contributed by atoms with E-state index in [1.54, 1.807) is 0 Å². The zero-order valence-corrected chi connectivity index (χ0v) is 11.3. The van der Waals surface area contributed by atoms with Crippen LogP contribution in [0.15, 0.2) is 24.3 Å². The summed E-state index contributed by atoms with van der Waals surface area (Å²) in [5.41, 5.74) is 6.35. The number of carbonyl (C=O) groups is 1. The van der Waals surface area contributed by atoms with Crippen molar-refractivity contribution in [2.45, 2.75) is 31.7 Å². The zero-order valence-electron chi connectivity index (χ0n) is 11.3. The van der Waals surface area contributed by atoms with Crippen molar-refractivity contribution in [3.63, 3.8) is 0 Å². The predicted octanol–water partition coefficient (Wildman–Crippen LogP) is 3.14. The van der Waals surface area contributed by atoms with Gasteiger partial charge in [-0.3, -0.25) is 4.79 Å². The Kier molecular flexibility index (Phi) is 3.43. The average Bonchev–Trinajstić information content (AvgIpc) is 2.97. The van der Waals surface area contributed by atoms with Crippen LogP contribution in [-0.4, -0.2) is 18.2 Å². The van der Waals surface area contributed by atoms with Crippen molar-refractivity contribution in [3.8, 4) is 5.75 Å². The van der Waals surface area contributed by atoms with Crippen LogP contribution in [0.1, 0.15) is 29.6 Å². The number of fused-ring (bicyclic) bond motifs is 2. The highest BCUT2D eigenvalue weighted by Crippen LogP contribution is 2.48. The molecule has 0 heterocycles. The fraction of sp³-hybridized carbons (Fsp3) is 0.533. The van der Waals surface area contributed by atoms with Crippen molar-refractivity contribution in [1.29, 1.82) is 0 Å². The maximum Gasteiger partial charge on any atom is 0.573 e. The minimum atomic E-state index is -4.76. The molecule has 0 amide bonds. The second kappa shape index (κ2) is 5.02. The first-order valence-corrected chi connectivity index (χ1v) is 7.01. The molecule has 2 bridgehead atoms. The van der Waals surface area contributed by atoms with E-state index < -0.39 is 6.36 Å².